The van der Waals surface area contributed by atoms with Gasteiger partial charge in [0.05, 0.1) is 22.1 Å². The van der Waals surface area contributed by atoms with Gasteiger partial charge in [-0.05, 0) is 95.4 Å². The van der Waals surface area contributed by atoms with Crippen LogP contribution in [0.2, 0.25) is 0 Å². The lowest BCUT2D eigenvalue weighted by molar-refractivity contribution is 1.18. The van der Waals surface area contributed by atoms with Gasteiger partial charge in [0.2, 0.25) is 0 Å². The molecule has 0 atom stereocenters. The molecule has 59 heavy (non-hydrogen) atoms. The van der Waals surface area contributed by atoms with E-state index in [9.17, 15) is 0 Å². The van der Waals surface area contributed by atoms with Crippen molar-refractivity contribution < 1.29 is 0 Å². The highest BCUT2D eigenvalue weighted by Crippen LogP contribution is 2.47. The molecule has 5 heteroatoms. The van der Waals surface area contributed by atoms with Crippen LogP contribution >= 0.6 is 0 Å². The summed E-state index contributed by atoms with van der Waals surface area (Å²) in [6.07, 6.45) is 0. The van der Waals surface area contributed by atoms with E-state index in [0.29, 0.717) is 0 Å². The Balaban J connectivity index is 1.13. The average Bonchev–Trinajstić information content (AvgIpc) is 3.93. The van der Waals surface area contributed by atoms with Crippen LogP contribution < -0.4 is 15.8 Å². The minimum Gasteiger partial charge on any atom is -0.375 e. The van der Waals surface area contributed by atoms with Gasteiger partial charge in [0, 0.05) is 77.4 Å². The largest absolute Gasteiger partial charge is 0.375 e. The molecule has 0 aliphatic carbocycles. The number of anilines is 3. The molecule has 2 aliphatic rings. The van der Waals surface area contributed by atoms with E-state index < -0.39 is 0 Å². The van der Waals surface area contributed by atoms with Crippen LogP contribution in [-0.2, 0) is 0 Å². The zero-order chi connectivity index (χ0) is 38.3. The lowest BCUT2D eigenvalue weighted by Crippen LogP contribution is -2.56. The Kier molecular flexibility index (Phi) is 6.07. The average molecular weight is 749 g/mol. The quantitative estimate of drug-likeness (QED) is 0.165. The summed E-state index contributed by atoms with van der Waals surface area (Å²) in [6.45, 7) is -0.0416. The Hall–Kier alpha value is -7.76. The molecule has 0 spiro atoms. The van der Waals surface area contributed by atoms with Crippen LogP contribution in [0.4, 0.5) is 17.1 Å². The van der Waals surface area contributed by atoms with Gasteiger partial charge in [-0.25, -0.2) is 0 Å². The Labute approximate surface area is 340 Å². The lowest BCUT2D eigenvalue weighted by atomic mass is 9.45. The van der Waals surface area contributed by atoms with Crippen LogP contribution in [0.15, 0.2) is 200 Å². The normalized spacial score (nSPS) is 13.0. The molecule has 0 N–H and O–H groups in total. The zero-order valence-electron chi connectivity index (χ0n) is 31.9. The first-order valence-corrected chi connectivity index (χ1v) is 20.5. The fourth-order valence-electron chi connectivity index (χ4n) is 10.9. The maximum Gasteiger partial charge on any atom is 0.333 e. The molecule has 0 saturated heterocycles. The second-order valence-corrected chi connectivity index (χ2v) is 16.1. The molecule has 0 radical (unpaired) electrons. The molecule has 9 aromatic carbocycles. The Morgan fingerprint density at radius 2 is 0.864 bits per heavy atom. The van der Waals surface area contributed by atoms with Crippen molar-refractivity contribution in [3.63, 3.8) is 0 Å². The van der Waals surface area contributed by atoms with E-state index in [1.165, 1.54) is 98.8 Å². The Bertz CT molecular complexity index is 3740. The van der Waals surface area contributed by atoms with Gasteiger partial charge in [-0.2, -0.15) is 0 Å². The summed E-state index contributed by atoms with van der Waals surface area (Å²) in [4.78, 5) is 2.56. The summed E-state index contributed by atoms with van der Waals surface area (Å²) in [5.74, 6) is 0. The maximum absolute atomic E-state index is 2.65. The van der Waals surface area contributed by atoms with Crippen molar-refractivity contribution in [1.29, 1.82) is 0 Å². The molecule has 4 nitrogen and oxygen atoms in total. The van der Waals surface area contributed by atoms with Crippen LogP contribution in [0.5, 0.6) is 0 Å². The van der Waals surface area contributed by atoms with Gasteiger partial charge < -0.3 is 18.5 Å². The molecule has 0 unspecified atom stereocenters. The van der Waals surface area contributed by atoms with E-state index in [1.807, 2.05) is 0 Å². The molecule has 5 heterocycles. The van der Waals surface area contributed by atoms with Crippen LogP contribution in [0, 0.1) is 0 Å². The number of rotatable bonds is 3. The van der Waals surface area contributed by atoms with Gasteiger partial charge in [-0.15, -0.1) is 0 Å². The lowest BCUT2D eigenvalue weighted by Gasteiger charge is -2.40. The van der Waals surface area contributed by atoms with Crippen LogP contribution in [0.1, 0.15) is 0 Å². The minimum atomic E-state index is -0.0416. The van der Waals surface area contributed by atoms with E-state index >= 15 is 0 Å². The topological polar surface area (TPSA) is 18.0 Å². The monoisotopic (exact) mass is 748 g/mol. The van der Waals surface area contributed by atoms with E-state index in [4.69, 9.17) is 0 Å². The molecule has 272 valence electrons. The van der Waals surface area contributed by atoms with Gasteiger partial charge in [-0.1, -0.05) is 121 Å². The van der Waals surface area contributed by atoms with Gasteiger partial charge in [0.25, 0.3) is 0 Å². The number of hydrogen-bond acceptors (Lipinski definition) is 1. The van der Waals surface area contributed by atoms with Crippen molar-refractivity contribution in [2.45, 2.75) is 0 Å². The first kappa shape index (κ1) is 31.3. The van der Waals surface area contributed by atoms with Crippen molar-refractivity contribution in [1.82, 2.24) is 13.6 Å². The van der Waals surface area contributed by atoms with E-state index in [0.717, 1.165) is 17.1 Å². The number of benzene rings is 9. The summed E-state index contributed by atoms with van der Waals surface area (Å²) < 4.78 is 7.52. The van der Waals surface area contributed by atoms with Crippen molar-refractivity contribution >= 4 is 100 Å². The van der Waals surface area contributed by atoms with Crippen LogP contribution in [-0.4, -0.2) is 20.5 Å². The number of nitrogens with zero attached hydrogens (tertiary/aromatic N) is 4. The highest BCUT2D eigenvalue weighted by Gasteiger charge is 2.43. The van der Waals surface area contributed by atoms with Gasteiger partial charge in [0.1, 0.15) is 0 Å². The summed E-state index contributed by atoms with van der Waals surface area (Å²) in [5.41, 5.74) is 18.5. The number of hydrogen-bond donors (Lipinski definition) is 0. The SMILES string of the molecule is c1ccc(-n2c3ccccc3c3cc(N4c5cc6c7ccccc7n(-c7ccccc7)c6cc5B5c6c(cccc64)-c4cccc6c7ccccc7n5c46)ccc32)cc1. The molecule has 0 fully saturated rings. The molecular formula is C54H33BN4. The highest BCUT2D eigenvalue weighted by atomic mass is 15.2. The molecule has 0 saturated carbocycles. The summed E-state index contributed by atoms with van der Waals surface area (Å²) >= 11 is 0. The Morgan fingerprint density at radius 1 is 0.322 bits per heavy atom. The molecule has 0 amide bonds. The van der Waals surface area contributed by atoms with Crippen molar-refractivity contribution in [2.24, 2.45) is 0 Å². The van der Waals surface area contributed by atoms with Crippen LogP contribution in [0.3, 0.4) is 0 Å². The van der Waals surface area contributed by atoms with Gasteiger partial charge in [0.15, 0.2) is 0 Å². The first-order chi connectivity index (χ1) is 29.3. The Morgan fingerprint density at radius 3 is 1.58 bits per heavy atom. The predicted octanol–water partition coefficient (Wildman–Crippen LogP) is 12.4. The van der Waals surface area contributed by atoms with Crippen molar-refractivity contribution in [3.8, 4) is 22.5 Å². The highest BCUT2D eigenvalue weighted by molar-refractivity contribution is 6.90. The van der Waals surface area contributed by atoms with Crippen LogP contribution in [0.25, 0.3) is 87.9 Å². The van der Waals surface area contributed by atoms with E-state index in [1.54, 1.807) is 0 Å². The first-order valence-electron chi connectivity index (χ1n) is 20.5. The molecule has 0 bridgehead atoms. The number of aromatic nitrogens is 3. The van der Waals surface area contributed by atoms with E-state index in [2.05, 4.69) is 219 Å². The third kappa shape index (κ3) is 4.04. The molecule has 2 aliphatic heterocycles. The second kappa shape index (κ2) is 11.4. The van der Waals surface area contributed by atoms with E-state index in [-0.39, 0.29) is 6.85 Å². The molecule has 12 aromatic rings. The smallest absolute Gasteiger partial charge is 0.333 e. The summed E-state index contributed by atoms with van der Waals surface area (Å²) in [6, 6.07) is 74.2. The maximum atomic E-state index is 2.65. The van der Waals surface area contributed by atoms with Crippen molar-refractivity contribution in [2.75, 3.05) is 4.90 Å². The summed E-state index contributed by atoms with van der Waals surface area (Å²) in [5, 5.41) is 7.57. The number of para-hydroxylation sites is 6. The van der Waals surface area contributed by atoms with Gasteiger partial charge in [-0.3, -0.25) is 0 Å². The standard InChI is InChI=1S/C54H33BN4/c1-3-15-34(16-4-1)56-46-25-10-7-20-38(46)43-31-36(29-30-48(43)56)58-50-28-14-22-40-42-24-13-23-41-37-19-9-12-27-49(37)59(54(41)42)55(53(40)50)45-33-51-44(32-52(45)58)39-21-8-11-26-47(39)57(51)35-17-5-2-6-18-35/h1-33H. The zero-order valence-corrected chi connectivity index (χ0v) is 31.9. The van der Waals surface area contributed by atoms with Crippen molar-refractivity contribution in [3.05, 3.63) is 200 Å². The molecular weight excluding hydrogens is 715 g/mol. The summed E-state index contributed by atoms with van der Waals surface area (Å²) in [7, 11) is 0. The van der Waals surface area contributed by atoms with Gasteiger partial charge >= 0.3 is 6.85 Å². The number of fused-ring (bicyclic) bond motifs is 13. The second-order valence-electron chi connectivity index (χ2n) is 16.1. The molecule has 14 rings (SSSR count). The third-order valence-corrected chi connectivity index (χ3v) is 13.2. The fourth-order valence-corrected chi connectivity index (χ4v) is 10.9. The predicted molar refractivity (Wildman–Crippen MR) is 249 cm³/mol. The minimum absolute atomic E-state index is 0.0416. The third-order valence-electron chi connectivity index (χ3n) is 13.2. The fraction of sp³-hybridized carbons (Fsp3) is 0. The molecule has 3 aromatic heterocycles.